The minimum atomic E-state index is -3.75. The van der Waals surface area contributed by atoms with E-state index < -0.39 is 10.0 Å². The van der Waals surface area contributed by atoms with Gasteiger partial charge >= 0.3 is 0 Å². The van der Waals surface area contributed by atoms with E-state index in [4.69, 9.17) is 4.52 Å². The highest BCUT2D eigenvalue weighted by Gasteiger charge is 2.22. The van der Waals surface area contributed by atoms with Crippen molar-refractivity contribution in [1.29, 1.82) is 0 Å². The number of nitrogens with one attached hydrogen (secondary N) is 1. The highest BCUT2D eigenvalue weighted by Crippen LogP contribution is 2.31. The maximum atomic E-state index is 13.1. The van der Waals surface area contributed by atoms with Gasteiger partial charge in [0.2, 0.25) is 0 Å². The van der Waals surface area contributed by atoms with Crippen LogP contribution in [0.1, 0.15) is 36.6 Å². The lowest BCUT2D eigenvalue weighted by molar-refractivity contribution is 0.427. The van der Waals surface area contributed by atoms with Crippen molar-refractivity contribution in [2.75, 3.05) is 4.72 Å². The van der Waals surface area contributed by atoms with Crippen molar-refractivity contribution in [3.63, 3.8) is 0 Å². The molecule has 0 spiro atoms. The first-order valence-corrected chi connectivity index (χ1v) is 9.92. The Labute approximate surface area is 154 Å². The number of anilines is 1. The second kappa shape index (κ2) is 6.96. The Balaban J connectivity index is 2.10. The molecule has 0 aliphatic rings. The summed E-state index contributed by atoms with van der Waals surface area (Å²) in [7, 11) is -3.75. The van der Waals surface area contributed by atoms with Gasteiger partial charge in [-0.1, -0.05) is 49.3 Å². The van der Waals surface area contributed by atoms with Crippen LogP contribution >= 0.6 is 0 Å². The number of sulfonamides is 1. The van der Waals surface area contributed by atoms with E-state index in [0.717, 1.165) is 16.8 Å². The van der Waals surface area contributed by atoms with E-state index in [1.807, 2.05) is 58.0 Å². The first kappa shape index (κ1) is 18.2. The van der Waals surface area contributed by atoms with Crippen LogP contribution in [0.2, 0.25) is 0 Å². The molecule has 0 saturated heterocycles. The van der Waals surface area contributed by atoms with Crippen LogP contribution in [0.5, 0.6) is 0 Å². The van der Waals surface area contributed by atoms with Crippen LogP contribution < -0.4 is 4.72 Å². The normalized spacial score (nSPS) is 11.7. The van der Waals surface area contributed by atoms with Gasteiger partial charge < -0.3 is 4.52 Å². The van der Waals surface area contributed by atoms with Crippen LogP contribution in [0.3, 0.4) is 0 Å². The molecule has 0 aliphatic carbocycles. The van der Waals surface area contributed by atoms with E-state index in [2.05, 4.69) is 9.88 Å². The van der Waals surface area contributed by atoms with Crippen molar-refractivity contribution in [1.82, 2.24) is 5.16 Å². The Morgan fingerprint density at radius 2 is 1.77 bits per heavy atom. The molecule has 136 valence electrons. The van der Waals surface area contributed by atoms with Crippen molar-refractivity contribution >= 4 is 15.7 Å². The largest absolute Gasteiger partial charge is 0.356 e. The van der Waals surface area contributed by atoms with Gasteiger partial charge in [-0.15, -0.1) is 0 Å². The monoisotopic (exact) mass is 370 g/mol. The lowest BCUT2D eigenvalue weighted by Gasteiger charge is -2.16. The SMILES string of the molecule is Cc1cc(-c2ccc(C(C)C)c(S(=O)(=O)Nc3ccccc3C)c2)on1. The zero-order valence-corrected chi connectivity index (χ0v) is 16.1. The van der Waals surface area contributed by atoms with Crippen LogP contribution in [-0.2, 0) is 10.0 Å². The lowest BCUT2D eigenvalue weighted by atomic mass is 10.0. The Kier molecular flexibility index (Phi) is 4.87. The van der Waals surface area contributed by atoms with Crippen LogP contribution in [0.4, 0.5) is 5.69 Å². The third kappa shape index (κ3) is 3.65. The van der Waals surface area contributed by atoms with E-state index in [1.165, 1.54) is 0 Å². The van der Waals surface area contributed by atoms with E-state index in [9.17, 15) is 8.42 Å². The molecule has 0 fully saturated rings. The maximum absolute atomic E-state index is 13.1. The van der Waals surface area contributed by atoms with Crippen molar-refractivity contribution < 1.29 is 12.9 Å². The molecule has 0 aliphatic heterocycles. The average molecular weight is 370 g/mol. The van der Waals surface area contributed by atoms with Gasteiger partial charge in [0.15, 0.2) is 5.76 Å². The van der Waals surface area contributed by atoms with E-state index in [1.54, 1.807) is 18.2 Å². The molecule has 6 heteroatoms. The number of rotatable bonds is 5. The second-order valence-corrected chi connectivity index (χ2v) is 8.31. The summed E-state index contributed by atoms with van der Waals surface area (Å²) in [6, 6.07) is 14.4. The minimum absolute atomic E-state index is 0.0592. The van der Waals surface area contributed by atoms with Gasteiger partial charge in [0.05, 0.1) is 16.3 Å². The summed E-state index contributed by atoms with van der Waals surface area (Å²) in [5.74, 6) is 0.606. The maximum Gasteiger partial charge on any atom is 0.262 e. The molecule has 26 heavy (non-hydrogen) atoms. The fourth-order valence-corrected chi connectivity index (χ4v) is 4.31. The number of nitrogens with zero attached hydrogens (tertiary/aromatic N) is 1. The van der Waals surface area contributed by atoms with Crippen LogP contribution in [0, 0.1) is 13.8 Å². The first-order chi connectivity index (χ1) is 12.3. The Morgan fingerprint density at radius 3 is 2.38 bits per heavy atom. The molecule has 0 radical (unpaired) electrons. The minimum Gasteiger partial charge on any atom is -0.356 e. The molecule has 0 saturated carbocycles. The predicted octanol–water partition coefficient (Wildman–Crippen LogP) is 4.88. The number of aromatic nitrogens is 1. The van der Waals surface area contributed by atoms with Gasteiger partial charge in [-0.05, 0) is 43.0 Å². The van der Waals surface area contributed by atoms with E-state index in [0.29, 0.717) is 17.0 Å². The molecule has 1 heterocycles. The van der Waals surface area contributed by atoms with Crippen LogP contribution in [-0.4, -0.2) is 13.6 Å². The average Bonchev–Trinajstić information content (AvgIpc) is 3.02. The topological polar surface area (TPSA) is 72.2 Å². The standard InChI is InChI=1S/C20H22N2O3S/c1-13(2)17-10-9-16(19-11-15(4)21-25-19)12-20(17)26(23,24)22-18-8-6-5-7-14(18)3/h5-13,22H,1-4H3. The quantitative estimate of drug-likeness (QED) is 0.694. The van der Waals surface area contributed by atoms with Gasteiger partial charge in [0, 0.05) is 11.6 Å². The molecule has 0 amide bonds. The van der Waals surface area contributed by atoms with Gasteiger partial charge in [0.25, 0.3) is 10.0 Å². The van der Waals surface area contributed by atoms with Crippen molar-refractivity contribution in [2.24, 2.45) is 0 Å². The third-order valence-electron chi connectivity index (χ3n) is 4.23. The molecule has 0 bridgehead atoms. The molecule has 5 nitrogen and oxygen atoms in total. The van der Waals surface area contributed by atoms with Crippen molar-refractivity contribution in [3.05, 3.63) is 65.4 Å². The molecule has 1 aromatic heterocycles. The molecule has 3 aromatic rings. The molecule has 1 N–H and O–H groups in total. The Bertz CT molecular complexity index is 1040. The number of para-hydroxylation sites is 1. The Hall–Kier alpha value is -2.60. The van der Waals surface area contributed by atoms with Crippen LogP contribution in [0.15, 0.2) is 57.9 Å². The summed E-state index contributed by atoms with van der Waals surface area (Å²) in [5, 5.41) is 3.88. The highest BCUT2D eigenvalue weighted by atomic mass is 32.2. The fraction of sp³-hybridized carbons (Fsp3) is 0.250. The number of hydrogen-bond donors (Lipinski definition) is 1. The number of hydrogen-bond acceptors (Lipinski definition) is 4. The highest BCUT2D eigenvalue weighted by molar-refractivity contribution is 7.92. The lowest BCUT2D eigenvalue weighted by Crippen LogP contribution is -2.16. The summed E-state index contributed by atoms with van der Waals surface area (Å²) in [5.41, 5.74) is 3.62. The van der Waals surface area contributed by atoms with Gasteiger partial charge in [-0.2, -0.15) is 0 Å². The van der Waals surface area contributed by atoms with Crippen molar-refractivity contribution in [3.8, 4) is 11.3 Å². The molecule has 3 rings (SSSR count). The van der Waals surface area contributed by atoms with E-state index in [-0.39, 0.29) is 10.8 Å². The van der Waals surface area contributed by atoms with Gasteiger partial charge in [0.1, 0.15) is 0 Å². The summed E-state index contributed by atoms with van der Waals surface area (Å²) < 4.78 is 34.2. The number of benzene rings is 2. The van der Waals surface area contributed by atoms with E-state index >= 15 is 0 Å². The van der Waals surface area contributed by atoms with Crippen molar-refractivity contribution in [2.45, 2.75) is 38.5 Å². The third-order valence-corrected chi connectivity index (χ3v) is 5.65. The molecule has 0 atom stereocenters. The molecule has 0 unspecified atom stereocenters. The summed E-state index contributed by atoms with van der Waals surface area (Å²) >= 11 is 0. The zero-order valence-electron chi connectivity index (χ0n) is 15.3. The van der Waals surface area contributed by atoms with Crippen LogP contribution in [0.25, 0.3) is 11.3 Å². The summed E-state index contributed by atoms with van der Waals surface area (Å²) in [4.78, 5) is 0.252. The smallest absolute Gasteiger partial charge is 0.262 e. The number of aryl methyl sites for hydroxylation is 2. The zero-order chi connectivity index (χ0) is 18.9. The fourth-order valence-electron chi connectivity index (χ4n) is 2.78. The summed E-state index contributed by atoms with van der Waals surface area (Å²) in [6.07, 6.45) is 0. The molecule has 2 aromatic carbocycles. The molecular weight excluding hydrogens is 348 g/mol. The first-order valence-electron chi connectivity index (χ1n) is 8.44. The Morgan fingerprint density at radius 1 is 1.04 bits per heavy atom. The predicted molar refractivity (Wildman–Crippen MR) is 103 cm³/mol. The summed E-state index contributed by atoms with van der Waals surface area (Å²) in [6.45, 7) is 7.64. The second-order valence-electron chi connectivity index (χ2n) is 6.66. The van der Waals surface area contributed by atoms with Gasteiger partial charge in [-0.3, -0.25) is 4.72 Å². The molecular formula is C20H22N2O3S. The van der Waals surface area contributed by atoms with Gasteiger partial charge in [-0.25, -0.2) is 8.42 Å².